The zero-order chi connectivity index (χ0) is 13.4. The van der Waals surface area contributed by atoms with E-state index in [-0.39, 0.29) is 0 Å². The van der Waals surface area contributed by atoms with Crippen LogP contribution in [0.1, 0.15) is 37.4 Å². The summed E-state index contributed by atoms with van der Waals surface area (Å²) in [5, 5.41) is 5.69. The first-order valence-corrected chi connectivity index (χ1v) is 7.53. The van der Waals surface area contributed by atoms with Gasteiger partial charge in [0, 0.05) is 34.1 Å². The van der Waals surface area contributed by atoms with Gasteiger partial charge in [0.1, 0.15) is 0 Å². The molecule has 3 heteroatoms. The van der Waals surface area contributed by atoms with Crippen molar-refractivity contribution in [3.63, 3.8) is 0 Å². The molecule has 0 radical (unpaired) electrons. The molecule has 2 N–H and O–H groups in total. The maximum absolute atomic E-state index is 6.15. The largest absolute Gasteiger partial charge is 0.358 e. The second kappa shape index (κ2) is 5.18. The summed E-state index contributed by atoms with van der Waals surface area (Å²) in [5.74, 6) is 1.30. The minimum absolute atomic E-state index is 0.587. The quantitative estimate of drug-likeness (QED) is 0.849. The molecule has 2 nitrogen and oxygen atoms in total. The highest BCUT2D eigenvalue weighted by molar-refractivity contribution is 6.31. The minimum atomic E-state index is 0.587. The van der Waals surface area contributed by atoms with Gasteiger partial charge in [0.25, 0.3) is 0 Å². The van der Waals surface area contributed by atoms with Crippen molar-refractivity contribution >= 4 is 22.5 Å². The number of hydrogen-bond donors (Lipinski definition) is 2. The Bertz CT molecular complexity index is 586. The number of aromatic nitrogens is 1. The number of fused-ring (bicyclic) bond motifs is 3. The Morgan fingerprint density at radius 1 is 1.37 bits per heavy atom. The normalized spacial score (nSPS) is 19.7. The Balaban J connectivity index is 2.10. The van der Waals surface area contributed by atoms with E-state index in [1.54, 1.807) is 0 Å². The Morgan fingerprint density at radius 3 is 3.00 bits per heavy atom. The van der Waals surface area contributed by atoms with Crippen LogP contribution in [-0.4, -0.2) is 18.1 Å². The SMILES string of the molecule is CC(C)C[C@@H]1CNCCc2c1[nH]c1ccc(Cl)cc21. The van der Waals surface area contributed by atoms with E-state index < -0.39 is 0 Å². The number of halogens is 1. The molecule has 3 rings (SSSR count). The van der Waals surface area contributed by atoms with Crippen LogP contribution in [0.5, 0.6) is 0 Å². The smallest absolute Gasteiger partial charge is 0.0460 e. The molecule has 1 aromatic carbocycles. The van der Waals surface area contributed by atoms with E-state index in [0.717, 1.165) is 24.5 Å². The Hall–Kier alpha value is -0.990. The molecule has 0 saturated carbocycles. The van der Waals surface area contributed by atoms with Gasteiger partial charge in [0.05, 0.1) is 0 Å². The molecule has 0 bridgehead atoms. The number of benzene rings is 1. The van der Waals surface area contributed by atoms with Crippen molar-refractivity contribution in [2.24, 2.45) is 5.92 Å². The van der Waals surface area contributed by atoms with Gasteiger partial charge in [-0.3, -0.25) is 0 Å². The lowest BCUT2D eigenvalue weighted by Crippen LogP contribution is -2.21. The summed E-state index contributed by atoms with van der Waals surface area (Å²) < 4.78 is 0. The van der Waals surface area contributed by atoms with Crippen molar-refractivity contribution in [1.29, 1.82) is 0 Å². The van der Waals surface area contributed by atoms with Gasteiger partial charge in [-0.2, -0.15) is 0 Å². The molecule has 2 aromatic rings. The molecule has 19 heavy (non-hydrogen) atoms. The van der Waals surface area contributed by atoms with Gasteiger partial charge in [0.15, 0.2) is 0 Å². The van der Waals surface area contributed by atoms with Gasteiger partial charge in [-0.05, 0) is 49.1 Å². The van der Waals surface area contributed by atoms with Crippen molar-refractivity contribution in [1.82, 2.24) is 10.3 Å². The van der Waals surface area contributed by atoms with Gasteiger partial charge in [-0.15, -0.1) is 0 Å². The molecule has 1 aliphatic rings. The molecule has 0 fully saturated rings. The maximum Gasteiger partial charge on any atom is 0.0460 e. The van der Waals surface area contributed by atoms with Crippen molar-refractivity contribution in [3.05, 3.63) is 34.5 Å². The average molecular weight is 277 g/mol. The fourth-order valence-corrected chi connectivity index (χ4v) is 3.39. The number of nitrogens with one attached hydrogen (secondary N) is 2. The highest BCUT2D eigenvalue weighted by Crippen LogP contribution is 2.33. The highest BCUT2D eigenvalue weighted by atomic mass is 35.5. The van der Waals surface area contributed by atoms with E-state index in [2.05, 4.69) is 36.3 Å². The third-order valence-electron chi connectivity index (χ3n) is 4.01. The molecule has 102 valence electrons. The Kier molecular flexibility index (Phi) is 3.55. The summed E-state index contributed by atoms with van der Waals surface area (Å²) in [6.45, 7) is 6.72. The first-order valence-electron chi connectivity index (χ1n) is 7.16. The van der Waals surface area contributed by atoms with Crippen LogP contribution < -0.4 is 5.32 Å². The fourth-order valence-electron chi connectivity index (χ4n) is 3.22. The van der Waals surface area contributed by atoms with Crippen LogP contribution >= 0.6 is 11.6 Å². The van der Waals surface area contributed by atoms with Crippen molar-refractivity contribution in [3.8, 4) is 0 Å². The molecular weight excluding hydrogens is 256 g/mol. The van der Waals surface area contributed by atoms with Crippen molar-refractivity contribution < 1.29 is 0 Å². The van der Waals surface area contributed by atoms with Crippen LogP contribution in [0.4, 0.5) is 0 Å². The van der Waals surface area contributed by atoms with Crippen LogP contribution in [0.3, 0.4) is 0 Å². The van der Waals surface area contributed by atoms with Crippen LogP contribution in [-0.2, 0) is 6.42 Å². The zero-order valence-corrected chi connectivity index (χ0v) is 12.3. The summed E-state index contributed by atoms with van der Waals surface area (Å²) in [4.78, 5) is 3.64. The van der Waals surface area contributed by atoms with E-state index >= 15 is 0 Å². The Labute approximate surface area is 119 Å². The molecule has 0 unspecified atom stereocenters. The van der Waals surface area contributed by atoms with Gasteiger partial charge in [-0.1, -0.05) is 25.4 Å². The monoisotopic (exact) mass is 276 g/mol. The standard InChI is InChI=1S/C16H21ClN2/c1-10(2)7-11-9-18-6-5-13-14-8-12(17)3-4-15(14)19-16(11)13/h3-4,8,10-11,18-19H,5-7,9H2,1-2H3/t11-/m1/s1. The molecule has 1 aromatic heterocycles. The molecule has 0 aliphatic carbocycles. The first-order chi connectivity index (χ1) is 9.15. The maximum atomic E-state index is 6.15. The van der Waals surface area contributed by atoms with Crippen LogP contribution in [0.25, 0.3) is 10.9 Å². The second-order valence-electron chi connectivity index (χ2n) is 5.99. The molecule has 0 amide bonds. The molecule has 1 atom stereocenters. The highest BCUT2D eigenvalue weighted by Gasteiger charge is 2.23. The third kappa shape index (κ3) is 2.52. The third-order valence-corrected chi connectivity index (χ3v) is 4.24. The number of aromatic amines is 1. The van der Waals surface area contributed by atoms with Gasteiger partial charge in [0.2, 0.25) is 0 Å². The van der Waals surface area contributed by atoms with Crippen LogP contribution in [0.15, 0.2) is 18.2 Å². The molecule has 0 saturated heterocycles. The van der Waals surface area contributed by atoms with Crippen LogP contribution in [0.2, 0.25) is 5.02 Å². The molecule has 2 heterocycles. The summed E-state index contributed by atoms with van der Waals surface area (Å²) in [5.41, 5.74) is 4.12. The van der Waals surface area contributed by atoms with E-state index in [1.807, 2.05) is 6.07 Å². The molecular formula is C16H21ClN2. The second-order valence-corrected chi connectivity index (χ2v) is 6.42. The average Bonchev–Trinajstić information content (AvgIpc) is 2.59. The minimum Gasteiger partial charge on any atom is -0.358 e. The zero-order valence-electron chi connectivity index (χ0n) is 11.6. The number of H-pyrrole nitrogens is 1. The van der Waals surface area contributed by atoms with Gasteiger partial charge >= 0.3 is 0 Å². The van der Waals surface area contributed by atoms with Crippen molar-refractivity contribution in [2.75, 3.05) is 13.1 Å². The molecule has 1 aliphatic heterocycles. The number of rotatable bonds is 2. The summed E-state index contributed by atoms with van der Waals surface area (Å²) in [6, 6.07) is 6.17. The van der Waals surface area contributed by atoms with E-state index in [0.29, 0.717) is 11.8 Å². The number of hydrogen-bond acceptors (Lipinski definition) is 1. The molecule has 0 spiro atoms. The summed E-state index contributed by atoms with van der Waals surface area (Å²) >= 11 is 6.15. The topological polar surface area (TPSA) is 27.8 Å². The van der Waals surface area contributed by atoms with E-state index in [1.165, 1.54) is 28.6 Å². The summed E-state index contributed by atoms with van der Waals surface area (Å²) in [7, 11) is 0. The van der Waals surface area contributed by atoms with Gasteiger partial charge in [-0.25, -0.2) is 0 Å². The van der Waals surface area contributed by atoms with E-state index in [9.17, 15) is 0 Å². The van der Waals surface area contributed by atoms with E-state index in [4.69, 9.17) is 11.6 Å². The van der Waals surface area contributed by atoms with Gasteiger partial charge < -0.3 is 10.3 Å². The van der Waals surface area contributed by atoms with Crippen molar-refractivity contribution in [2.45, 2.75) is 32.6 Å². The first kappa shape index (κ1) is 13.0. The lowest BCUT2D eigenvalue weighted by molar-refractivity contribution is 0.475. The Morgan fingerprint density at radius 2 is 2.21 bits per heavy atom. The van der Waals surface area contributed by atoms with Crippen LogP contribution in [0, 0.1) is 5.92 Å². The lowest BCUT2D eigenvalue weighted by atomic mass is 9.92. The predicted molar refractivity (Wildman–Crippen MR) is 82.1 cm³/mol. The predicted octanol–water partition coefficient (Wildman–Crippen LogP) is 4.10. The lowest BCUT2D eigenvalue weighted by Gasteiger charge is -2.17. The summed E-state index contributed by atoms with van der Waals surface area (Å²) in [6.07, 6.45) is 2.31. The fraction of sp³-hybridized carbons (Fsp3) is 0.500.